The Kier molecular flexibility index (Phi) is 6.49. The Morgan fingerprint density at radius 3 is 2.57 bits per heavy atom. The van der Waals surface area contributed by atoms with Gasteiger partial charge in [-0.05, 0) is 43.3 Å². The Morgan fingerprint density at radius 2 is 1.87 bits per heavy atom. The van der Waals surface area contributed by atoms with Gasteiger partial charge in [-0.2, -0.15) is 13.2 Å². The number of nitrogens with zero attached hydrogens (tertiary/aromatic N) is 1. The first-order valence-corrected chi connectivity index (χ1v) is 9.39. The van der Waals surface area contributed by atoms with Crippen molar-refractivity contribution in [2.75, 3.05) is 24.6 Å². The van der Waals surface area contributed by atoms with Crippen LogP contribution in [0.2, 0.25) is 0 Å². The number of halogens is 3. The van der Waals surface area contributed by atoms with Gasteiger partial charge in [0.1, 0.15) is 18.1 Å². The molecule has 9 heteroatoms. The molecule has 3 rings (SSSR count). The van der Waals surface area contributed by atoms with E-state index in [1.165, 1.54) is 17.0 Å². The highest BCUT2D eigenvalue weighted by Crippen LogP contribution is 2.33. The number of rotatable bonds is 7. The minimum Gasteiger partial charge on any atom is -0.492 e. The van der Waals surface area contributed by atoms with Crippen molar-refractivity contribution in [2.24, 2.45) is 0 Å². The van der Waals surface area contributed by atoms with Gasteiger partial charge in [0.2, 0.25) is 5.91 Å². The summed E-state index contributed by atoms with van der Waals surface area (Å²) < 4.78 is 48.5. The van der Waals surface area contributed by atoms with Gasteiger partial charge in [0, 0.05) is 13.0 Å². The fraction of sp³-hybridized carbons (Fsp3) is 0.333. The number of nitrogens with one attached hydrogen (secondary N) is 1. The number of anilines is 1. The molecular formula is C21H21F3N2O4. The second-order valence-electron chi connectivity index (χ2n) is 6.69. The van der Waals surface area contributed by atoms with Gasteiger partial charge in [-0.1, -0.05) is 12.1 Å². The second-order valence-corrected chi connectivity index (χ2v) is 6.69. The molecule has 30 heavy (non-hydrogen) atoms. The van der Waals surface area contributed by atoms with Crippen molar-refractivity contribution in [2.45, 2.75) is 25.6 Å². The number of carbonyl (C=O) groups excluding carboxylic acids is 2. The van der Waals surface area contributed by atoms with E-state index in [0.29, 0.717) is 11.4 Å². The lowest BCUT2D eigenvalue weighted by molar-refractivity contribution is -0.137. The fourth-order valence-corrected chi connectivity index (χ4v) is 2.99. The average Bonchev–Trinajstić information content (AvgIpc) is 2.71. The van der Waals surface area contributed by atoms with Crippen LogP contribution in [0.5, 0.6) is 11.5 Å². The maximum Gasteiger partial charge on any atom is 0.416 e. The zero-order valence-electron chi connectivity index (χ0n) is 16.2. The van der Waals surface area contributed by atoms with Crippen LogP contribution in [0.25, 0.3) is 0 Å². The van der Waals surface area contributed by atoms with Crippen molar-refractivity contribution in [3.05, 3.63) is 54.1 Å². The largest absolute Gasteiger partial charge is 0.492 e. The van der Waals surface area contributed by atoms with Crippen LogP contribution in [0.4, 0.5) is 18.9 Å². The first-order valence-electron chi connectivity index (χ1n) is 9.39. The molecular weight excluding hydrogens is 401 g/mol. The number of alkyl halides is 3. The Balaban J connectivity index is 1.43. The summed E-state index contributed by atoms with van der Waals surface area (Å²) in [7, 11) is 0. The summed E-state index contributed by atoms with van der Waals surface area (Å²) in [4.78, 5) is 26.0. The van der Waals surface area contributed by atoms with Gasteiger partial charge in [0.15, 0.2) is 6.10 Å². The van der Waals surface area contributed by atoms with Crippen LogP contribution in [0.3, 0.4) is 0 Å². The molecule has 1 aliphatic rings. The lowest BCUT2D eigenvalue weighted by Gasteiger charge is -2.32. The summed E-state index contributed by atoms with van der Waals surface area (Å²) >= 11 is 0. The number of para-hydroxylation sites is 2. The van der Waals surface area contributed by atoms with E-state index >= 15 is 0 Å². The van der Waals surface area contributed by atoms with Gasteiger partial charge in [-0.15, -0.1) is 0 Å². The Hall–Kier alpha value is -3.23. The van der Waals surface area contributed by atoms with Crippen LogP contribution in [-0.4, -0.2) is 37.6 Å². The Morgan fingerprint density at radius 1 is 1.17 bits per heavy atom. The van der Waals surface area contributed by atoms with Crippen molar-refractivity contribution >= 4 is 17.5 Å². The molecule has 1 atom stereocenters. The molecule has 0 aromatic heterocycles. The van der Waals surface area contributed by atoms with E-state index in [-0.39, 0.29) is 43.7 Å². The van der Waals surface area contributed by atoms with Crippen LogP contribution < -0.4 is 19.7 Å². The minimum atomic E-state index is -4.40. The lowest BCUT2D eigenvalue weighted by Crippen LogP contribution is -2.45. The van der Waals surface area contributed by atoms with Crippen LogP contribution in [0, 0.1) is 0 Å². The van der Waals surface area contributed by atoms with Crippen LogP contribution in [-0.2, 0) is 15.8 Å². The molecule has 160 valence electrons. The van der Waals surface area contributed by atoms with E-state index in [0.717, 1.165) is 12.1 Å². The van der Waals surface area contributed by atoms with Crippen LogP contribution in [0.15, 0.2) is 48.5 Å². The van der Waals surface area contributed by atoms with Crippen LogP contribution in [0.1, 0.15) is 18.9 Å². The molecule has 6 nitrogen and oxygen atoms in total. The number of ether oxygens (including phenoxy) is 2. The zero-order valence-corrected chi connectivity index (χ0v) is 16.2. The highest BCUT2D eigenvalue weighted by molar-refractivity contribution is 6.00. The third-order valence-electron chi connectivity index (χ3n) is 4.51. The van der Waals surface area contributed by atoms with E-state index in [9.17, 15) is 22.8 Å². The smallest absolute Gasteiger partial charge is 0.416 e. The summed E-state index contributed by atoms with van der Waals surface area (Å²) in [6.07, 6.45) is -4.93. The number of carbonyl (C=O) groups is 2. The van der Waals surface area contributed by atoms with Crippen molar-refractivity contribution in [3.8, 4) is 11.5 Å². The SMILES string of the molecule is CC1Oc2ccccc2N(CCC(=O)NCCOc2ccc(C(F)(F)F)cc2)C1=O. The van der Waals surface area contributed by atoms with E-state index in [2.05, 4.69) is 5.32 Å². The summed E-state index contributed by atoms with van der Waals surface area (Å²) in [6, 6.07) is 11.5. The van der Waals surface area contributed by atoms with E-state index in [4.69, 9.17) is 9.47 Å². The first kappa shape index (κ1) is 21.5. The first-order chi connectivity index (χ1) is 14.3. The summed E-state index contributed by atoms with van der Waals surface area (Å²) in [5.41, 5.74) is -0.129. The Labute approximate surface area is 171 Å². The predicted molar refractivity (Wildman–Crippen MR) is 103 cm³/mol. The molecule has 1 heterocycles. The summed E-state index contributed by atoms with van der Waals surface area (Å²) in [6.45, 7) is 2.15. The quantitative estimate of drug-likeness (QED) is 0.695. The molecule has 0 radical (unpaired) electrons. The number of benzene rings is 2. The van der Waals surface area contributed by atoms with Gasteiger partial charge in [-0.3, -0.25) is 9.59 Å². The van der Waals surface area contributed by atoms with E-state index in [1.807, 2.05) is 6.07 Å². The summed E-state index contributed by atoms with van der Waals surface area (Å²) in [5.74, 6) is 0.388. The summed E-state index contributed by atoms with van der Waals surface area (Å²) in [5, 5.41) is 2.66. The highest BCUT2D eigenvalue weighted by atomic mass is 19.4. The van der Waals surface area contributed by atoms with E-state index < -0.39 is 17.8 Å². The molecule has 0 saturated carbocycles. The highest BCUT2D eigenvalue weighted by Gasteiger charge is 2.31. The third kappa shape index (κ3) is 5.22. The van der Waals surface area contributed by atoms with Crippen LogP contribution >= 0.6 is 0 Å². The number of hydrogen-bond acceptors (Lipinski definition) is 4. The molecule has 2 aromatic carbocycles. The van der Waals surface area contributed by atoms with Gasteiger partial charge in [0.25, 0.3) is 5.91 Å². The molecule has 0 fully saturated rings. The lowest BCUT2D eigenvalue weighted by atomic mass is 10.1. The number of hydrogen-bond donors (Lipinski definition) is 1. The molecule has 1 aliphatic heterocycles. The maximum atomic E-state index is 12.5. The molecule has 0 bridgehead atoms. The third-order valence-corrected chi connectivity index (χ3v) is 4.51. The molecule has 0 saturated heterocycles. The molecule has 0 spiro atoms. The van der Waals surface area contributed by atoms with Crippen molar-refractivity contribution in [1.82, 2.24) is 5.32 Å². The van der Waals surface area contributed by atoms with E-state index in [1.54, 1.807) is 25.1 Å². The predicted octanol–water partition coefficient (Wildman–Crippen LogP) is 3.40. The van der Waals surface area contributed by atoms with Gasteiger partial charge >= 0.3 is 6.18 Å². The fourth-order valence-electron chi connectivity index (χ4n) is 2.99. The standard InChI is InChI=1S/C21H21F3N2O4/c1-14-20(28)26(17-4-2-3-5-18(17)30-14)12-10-19(27)25-11-13-29-16-8-6-15(7-9-16)21(22,23)24/h2-9,14H,10-13H2,1H3,(H,25,27). The molecule has 0 aliphatic carbocycles. The van der Waals surface area contributed by atoms with Gasteiger partial charge in [-0.25, -0.2) is 0 Å². The van der Waals surface area contributed by atoms with Crippen molar-refractivity contribution < 1.29 is 32.2 Å². The molecule has 2 aromatic rings. The molecule has 1 N–H and O–H groups in total. The molecule has 1 unspecified atom stereocenters. The maximum absolute atomic E-state index is 12.5. The average molecular weight is 422 g/mol. The topological polar surface area (TPSA) is 67.9 Å². The normalized spacial score (nSPS) is 15.9. The number of amides is 2. The van der Waals surface area contributed by atoms with Crippen molar-refractivity contribution in [1.29, 1.82) is 0 Å². The Bertz CT molecular complexity index is 900. The monoisotopic (exact) mass is 422 g/mol. The molecule has 2 amide bonds. The second kappa shape index (κ2) is 9.06. The zero-order chi connectivity index (χ0) is 21.7. The van der Waals surface area contributed by atoms with Gasteiger partial charge in [0.05, 0.1) is 17.8 Å². The van der Waals surface area contributed by atoms with Gasteiger partial charge < -0.3 is 19.7 Å². The minimum absolute atomic E-state index is 0.0904. The number of fused-ring (bicyclic) bond motifs is 1. The van der Waals surface area contributed by atoms with Crippen molar-refractivity contribution in [3.63, 3.8) is 0 Å².